The lowest BCUT2D eigenvalue weighted by Gasteiger charge is -2.19. The van der Waals surface area contributed by atoms with E-state index >= 15 is 0 Å². The molecule has 5 amide bonds. The Balaban J connectivity index is 0.767. The van der Waals surface area contributed by atoms with Crippen molar-refractivity contribution >= 4 is 47.5 Å². The standard InChI is InChI=1S/C45H59N11O8/c57-39(17-11-18-40(58)52-29-19-20-38(49-24-29)42-55-53-41(54-56-42)37-16-9-10-21-46-37)47-22-23-48-45(61)64-30(25-50-43(59)62-27-35-31-12-5-1-2-6-13-32(31)35)26-51-44(60)63-28-36-33-14-7-3-4-8-15-34(33)36/h1-4,9-10,16,19-21,24,30-36H,5-8,11-15,17-18,22-23,25-28H2,(H,47,57)(H,48,61)(H,50,59)(H,51,60)(H,52,58)(H,53,54)(H,55,56)/b2-1+,4-3+/t31-,32+,33-,34+,35+,36+. The highest BCUT2D eigenvalue weighted by Gasteiger charge is 2.50. The normalized spacial score (nSPS) is 23.9. The third kappa shape index (κ3) is 14.0. The number of pyridine rings is 2. The number of amidine groups is 2. The van der Waals surface area contributed by atoms with Crippen molar-refractivity contribution in [3.05, 3.63) is 78.4 Å². The van der Waals surface area contributed by atoms with E-state index in [4.69, 9.17) is 14.2 Å². The monoisotopic (exact) mass is 881 g/mol. The zero-order valence-electron chi connectivity index (χ0n) is 36.0. The lowest BCUT2D eigenvalue weighted by atomic mass is 10.1. The Kier molecular flexibility index (Phi) is 16.5. The largest absolute Gasteiger partial charge is 0.449 e. The predicted molar refractivity (Wildman–Crippen MR) is 236 cm³/mol. The number of nitrogens with zero attached hydrogens (tertiary/aromatic N) is 4. The van der Waals surface area contributed by atoms with Crippen LogP contribution >= 0.6 is 0 Å². The number of allylic oxidation sites excluding steroid dienone is 4. The molecule has 2 aromatic heterocycles. The van der Waals surface area contributed by atoms with Crippen LogP contribution in [0.5, 0.6) is 0 Å². The molecule has 2 aromatic rings. The molecule has 0 radical (unpaired) electrons. The number of carbonyl (C=O) groups excluding carboxylic acids is 5. The molecular weight excluding hydrogens is 823 g/mol. The van der Waals surface area contributed by atoms with Crippen LogP contribution in [0.15, 0.2) is 77.2 Å². The van der Waals surface area contributed by atoms with Gasteiger partial charge in [-0.25, -0.2) is 14.4 Å². The number of fused-ring (bicyclic) bond motifs is 2. The second-order valence-corrected chi connectivity index (χ2v) is 16.7. The number of hydrazone groups is 2. The van der Waals surface area contributed by atoms with Gasteiger partial charge >= 0.3 is 18.3 Å². The summed E-state index contributed by atoms with van der Waals surface area (Å²) in [6.45, 7) is 0.635. The molecule has 0 aromatic carbocycles. The van der Waals surface area contributed by atoms with Gasteiger partial charge in [-0.05, 0) is 118 Å². The maximum absolute atomic E-state index is 12.8. The summed E-state index contributed by atoms with van der Waals surface area (Å²) < 4.78 is 16.6. The fourth-order valence-corrected chi connectivity index (χ4v) is 8.77. The number of rotatable bonds is 19. The second-order valence-electron chi connectivity index (χ2n) is 16.7. The Morgan fingerprint density at radius 1 is 0.625 bits per heavy atom. The molecule has 7 N–H and O–H groups in total. The smallest absolute Gasteiger partial charge is 0.407 e. The van der Waals surface area contributed by atoms with Crippen molar-refractivity contribution in [3.8, 4) is 0 Å². The molecule has 19 nitrogen and oxygen atoms in total. The van der Waals surface area contributed by atoms with E-state index in [2.05, 4.69) is 81.9 Å². The third-order valence-corrected chi connectivity index (χ3v) is 12.3. The van der Waals surface area contributed by atoms with Crippen molar-refractivity contribution < 1.29 is 38.2 Å². The lowest BCUT2D eigenvalue weighted by Crippen LogP contribution is -2.45. The lowest BCUT2D eigenvalue weighted by molar-refractivity contribution is -0.121. The summed E-state index contributed by atoms with van der Waals surface area (Å²) in [4.78, 5) is 71.7. The predicted octanol–water partition coefficient (Wildman–Crippen LogP) is 4.45. The van der Waals surface area contributed by atoms with E-state index in [0.29, 0.717) is 83.9 Å². The molecule has 0 saturated heterocycles. The number of anilines is 1. The van der Waals surface area contributed by atoms with E-state index in [9.17, 15) is 24.0 Å². The molecule has 5 aliphatic rings. The molecule has 342 valence electrons. The molecule has 64 heavy (non-hydrogen) atoms. The summed E-state index contributed by atoms with van der Waals surface area (Å²) in [5.74, 6) is 3.31. The SMILES string of the molecule is O=C(CCCC(=O)Nc1ccc(C2=NNC(c3ccccn3)=NN2)nc1)NCCNC(=O)OC(CNC(=O)OC[C@H]1[C@@H]2CC/C=C/CC[C@@H]21)CNC(=O)OC[C@H]1[C@@H]2CC/C=C/CC[C@@H]21. The first-order valence-electron chi connectivity index (χ1n) is 22.5. The van der Waals surface area contributed by atoms with Crippen molar-refractivity contribution in [2.24, 2.45) is 45.7 Å². The maximum Gasteiger partial charge on any atom is 0.407 e. The minimum absolute atomic E-state index is 0.0555. The molecule has 4 aliphatic carbocycles. The van der Waals surface area contributed by atoms with E-state index in [0.717, 1.165) is 51.4 Å². The summed E-state index contributed by atoms with van der Waals surface area (Å²) in [5, 5.41) is 21.9. The quantitative estimate of drug-likeness (QED) is 0.0588. The van der Waals surface area contributed by atoms with Gasteiger partial charge in [0.05, 0.1) is 38.2 Å². The third-order valence-electron chi connectivity index (χ3n) is 12.3. The first-order chi connectivity index (χ1) is 31.3. The van der Waals surface area contributed by atoms with Crippen molar-refractivity contribution in [2.75, 3.05) is 44.7 Å². The van der Waals surface area contributed by atoms with Gasteiger partial charge in [-0.2, -0.15) is 10.2 Å². The Morgan fingerprint density at radius 3 is 1.69 bits per heavy atom. The van der Waals surface area contributed by atoms with Crippen LogP contribution in [-0.2, 0) is 23.8 Å². The zero-order valence-corrected chi connectivity index (χ0v) is 36.0. The van der Waals surface area contributed by atoms with E-state index in [1.165, 1.54) is 6.20 Å². The number of nitrogens with one attached hydrogen (secondary N) is 7. The summed E-state index contributed by atoms with van der Waals surface area (Å²) in [6, 6.07) is 8.82. The average molecular weight is 882 g/mol. The molecule has 19 heteroatoms. The molecular formula is C45H59N11O8. The molecule has 1 aliphatic heterocycles. The van der Waals surface area contributed by atoms with Crippen LogP contribution in [0.25, 0.3) is 0 Å². The molecule has 0 bridgehead atoms. The minimum atomic E-state index is -0.931. The number of ether oxygens (including phenoxy) is 3. The van der Waals surface area contributed by atoms with Gasteiger partial charge in [0, 0.05) is 32.1 Å². The van der Waals surface area contributed by atoms with Crippen LogP contribution in [0.1, 0.15) is 82.0 Å². The van der Waals surface area contributed by atoms with Gasteiger partial charge in [0.25, 0.3) is 0 Å². The van der Waals surface area contributed by atoms with Gasteiger partial charge < -0.3 is 40.8 Å². The maximum atomic E-state index is 12.8. The second kappa shape index (κ2) is 23.2. The Hall–Kier alpha value is -6.53. The van der Waals surface area contributed by atoms with Gasteiger partial charge in [0.15, 0.2) is 11.7 Å². The highest BCUT2D eigenvalue weighted by molar-refractivity contribution is 6.04. The van der Waals surface area contributed by atoms with Crippen LogP contribution < -0.4 is 37.4 Å². The minimum Gasteiger partial charge on any atom is -0.449 e. The van der Waals surface area contributed by atoms with E-state index in [1.54, 1.807) is 30.5 Å². The molecule has 2 saturated carbocycles. The number of amides is 5. The van der Waals surface area contributed by atoms with Crippen LogP contribution in [0.3, 0.4) is 0 Å². The number of aromatic nitrogens is 2. The Bertz CT molecular complexity index is 1960. The van der Waals surface area contributed by atoms with Crippen LogP contribution in [-0.4, -0.2) is 97.2 Å². The van der Waals surface area contributed by atoms with Crippen LogP contribution in [0, 0.1) is 35.5 Å². The van der Waals surface area contributed by atoms with Gasteiger partial charge in [-0.1, -0.05) is 30.4 Å². The average Bonchev–Trinajstić information content (AvgIpc) is 4.16. The first kappa shape index (κ1) is 45.5. The first-order valence-corrected chi connectivity index (χ1v) is 22.5. The van der Waals surface area contributed by atoms with Crippen LogP contribution in [0.4, 0.5) is 20.1 Å². The highest BCUT2D eigenvalue weighted by atomic mass is 16.6. The fraction of sp³-hybridized carbons (Fsp3) is 0.533. The molecule has 3 heterocycles. The van der Waals surface area contributed by atoms with Crippen molar-refractivity contribution in [1.29, 1.82) is 0 Å². The fourth-order valence-electron chi connectivity index (χ4n) is 8.77. The topological polar surface area (TPSA) is 248 Å². The van der Waals surface area contributed by atoms with Gasteiger partial charge in [0.2, 0.25) is 11.8 Å². The number of hydrogen-bond donors (Lipinski definition) is 7. The van der Waals surface area contributed by atoms with Gasteiger partial charge in [-0.15, -0.1) is 0 Å². The molecule has 2 fully saturated rings. The van der Waals surface area contributed by atoms with Crippen molar-refractivity contribution in [3.63, 3.8) is 0 Å². The van der Waals surface area contributed by atoms with Gasteiger partial charge in [-0.3, -0.25) is 30.4 Å². The summed E-state index contributed by atoms with van der Waals surface area (Å²) in [5.41, 5.74) is 7.31. The van der Waals surface area contributed by atoms with Crippen molar-refractivity contribution in [2.45, 2.75) is 76.7 Å². The summed E-state index contributed by atoms with van der Waals surface area (Å²) in [7, 11) is 0. The number of carbonyl (C=O) groups is 5. The van der Waals surface area contributed by atoms with E-state index in [-0.39, 0.29) is 50.8 Å². The zero-order chi connectivity index (χ0) is 44.5. The molecule has 0 spiro atoms. The number of alkyl carbamates (subject to hydrolysis) is 3. The van der Waals surface area contributed by atoms with Crippen molar-refractivity contribution in [1.82, 2.24) is 42.1 Å². The van der Waals surface area contributed by atoms with Gasteiger partial charge in [0.1, 0.15) is 17.5 Å². The van der Waals surface area contributed by atoms with Crippen LogP contribution in [0.2, 0.25) is 0 Å². The summed E-state index contributed by atoms with van der Waals surface area (Å²) in [6.07, 6.45) is 18.2. The Labute approximate surface area is 372 Å². The summed E-state index contributed by atoms with van der Waals surface area (Å²) >= 11 is 0. The molecule has 0 unspecified atom stereocenters. The highest BCUT2D eigenvalue weighted by Crippen LogP contribution is 2.53. The Morgan fingerprint density at radius 2 is 1.17 bits per heavy atom. The van der Waals surface area contributed by atoms with E-state index in [1.807, 2.05) is 6.07 Å². The number of hydrogen-bond acceptors (Lipinski definition) is 14. The molecule has 7 rings (SSSR count). The molecule has 6 atom stereocenters. The van der Waals surface area contributed by atoms with E-state index < -0.39 is 24.4 Å².